The van der Waals surface area contributed by atoms with E-state index in [2.05, 4.69) is 18.7 Å². The quantitative estimate of drug-likeness (QED) is 0.361. The van der Waals surface area contributed by atoms with E-state index in [0.29, 0.717) is 18.4 Å². The highest BCUT2D eigenvalue weighted by molar-refractivity contribution is 7.78. The summed E-state index contributed by atoms with van der Waals surface area (Å²) in [5, 5.41) is 10.1. The van der Waals surface area contributed by atoms with Gasteiger partial charge in [0.1, 0.15) is 30.0 Å². The first-order valence-electron chi connectivity index (χ1n) is 13.1. The summed E-state index contributed by atoms with van der Waals surface area (Å²) >= 11 is -2.14. The number of ether oxygens (including phenoxy) is 2. The van der Waals surface area contributed by atoms with Crippen LogP contribution in [-0.2, 0) is 16.8 Å². The second kappa shape index (κ2) is 11.3. The van der Waals surface area contributed by atoms with Gasteiger partial charge in [-0.05, 0) is 85.3 Å². The Hall–Kier alpha value is -3.13. The molecule has 1 fully saturated rings. The summed E-state index contributed by atoms with van der Waals surface area (Å²) < 4.78 is 34.9. The van der Waals surface area contributed by atoms with Crippen molar-refractivity contribution in [1.29, 1.82) is 0 Å². The van der Waals surface area contributed by atoms with Crippen molar-refractivity contribution in [1.82, 2.24) is 4.90 Å². The monoisotopic (exact) mass is 532 g/mol. The van der Waals surface area contributed by atoms with Gasteiger partial charge in [0, 0.05) is 29.5 Å². The van der Waals surface area contributed by atoms with Gasteiger partial charge < -0.3 is 19.1 Å². The molecule has 0 bridgehead atoms. The maximum atomic E-state index is 11.1. The molecular weight excluding hydrogens is 498 g/mol. The Labute approximate surface area is 227 Å². The first-order chi connectivity index (χ1) is 18.3. The molecule has 200 valence electrons. The van der Waals surface area contributed by atoms with Crippen molar-refractivity contribution in [2.75, 3.05) is 19.7 Å². The molecule has 4 atom stereocenters. The van der Waals surface area contributed by atoms with E-state index in [-0.39, 0.29) is 17.6 Å². The van der Waals surface area contributed by atoms with Gasteiger partial charge in [0.25, 0.3) is 0 Å². The Morgan fingerprint density at radius 3 is 2.53 bits per heavy atom. The average molecular weight is 533 g/mol. The number of fused-ring (bicyclic) bond motifs is 1. The number of benzene rings is 3. The Kier molecular flexibility index (Phi) is 7.88. The van der Waals surface area contributed by atoms with E-state index in [9.17, 15) is 13.9 Å². The molecule has 0 saturated carbocycles. The number of hydrogen-bond donors (Lipinski definition) is 1. The molecule has 2 heterocycles. The molecule has 1 N–H and O–H groups in total. The normalized spacial score (nSPS) is 21.1. The fraction of sp³-hybridized carbons (Fsp3) is 0.355. The molecule has 3 aromatic carbocycles. The van der Waals surface area contributed by atoms with Gasteiger partial charge in [0.2, 0.25) is 0 Å². The molecule has 1 saturated heterocycles. The van der Waals surface area contributed by atoms with E-state index in [4.69, 9.17) is 9.47 Å². The van der Waals surface area contributed by atoms with Gasteiger partial charge in [-0.2, -0.15) is 0 Å². The summed E-state index contributed by atoms with van der Waals surface area (Å²) in [6, 6.07) is 21.1. The van der Waals surface area contributed by atoms with E-state index >= 15 is 0 Å². The largest absolute Gasteiger partial charge is 0.772 e. The van der Waals surface area contributed by atoms with Crippen LogP contribution in [0, 0.1) is 5.92 Å². The van der Waals surface area contributed by atoms with Gasteiger partial charge >= 0.3 is 0 Å². The molecular formula is C31H34NO5S-. The lowest BCUT2D eigenvalue weighted by atomic mass is 9.86. The van der Waals surface area contributed by atoms with Crippen LogP contribution < -0.4 is 9.47 Å². The third-order valence-electron chi connectivity index (χ3n) is 7.58. The van der Waals surface area contributed by atoms with Crippen LogP contribution in [0.15, 0.2) is 66.7 Å². The summed E-state index contributed by atoms with van der Waals surface area (Å²) in [5.41, 5.74) is 5.47. The standard InChI is InChI=1S/C31H35NO5S/c1-20-14-15-32(17-20)21(2)18-36-27-11-8-25(9-12-27)31-30(24-6-4-23(5-7-24)19-38(34)35)22(3)28-16-26(33)10-13-29(28)37-31/h4-13,16,20-21,31,33H,14-15,17-19H2,1-3H3,(H,34,35)/p-1. The smallest absolute Gasteiger partial charge is 0.150 e. The van der Waals surface area contributed by atoms with Crippen LogP contribution in [0.25, 0.3) is 11.1 Å². The number of nitrogens with zero attached hydrogens (tertiary/aromatic N) is 1. The molecule has 0 amide bonds. The topological polar surface area (TPSA) is 82.1 Å². The zero-order valence-electron chi connectivity index (χ0n) is 22.1. The predicted octanol–water partition coefficient (Wildman–Crippen LogP) is 5.94. The SMILES string of the molecule is CC1=C(c2ccc(CS(=O)[O-])cc2)C(c2ccc(OCC(C)N3CCC(C)C3)cc2)Oc2ccc(O)cc21. The Morgan fingerprint density at radius 1 is 1.13 bits per heavy atom. The number of hydrogen-bond acceptors (Lipinski definition) is 6. The summed E-state index contributed by atoms with van der Waals surface area (Å²) in [5.74, 6) is 2.44. The molecule has 0 radical (unpaired) electrons. The molecule has 0 aliphatic carbocycles. The van der Waals surface area contributed by atoms with E-state index in [1.807, 2.05) is 55.5 Å². The van der Waals surface area contributed by atoms with Crippen molar-refractivity contribution in [3.63, 3.8) is 0 Å². The zero-order chi connectivity index (χ0) is 26.8. The second-order valence-electron chi connectivity index (χ2n) is 10.5. The van der Waals surface area contributed by atoms with Gasteiger partial charge in [0.05, 0.1) is 0 Å². The maximum Gasteiger partial charge on any atom is 0.150 e. The third-order valence-corrected chi connectivity index (χ3v) is 8.15. The molecule has 0 aromatic heterocycles. The summed E-state index contributed by atoms with van der Waals surface area (Å²) in [4.78, 5) is 2.49. The van der Waals surface area contributed by atoms with Crippen LogP contribution in [-0.4, -0.2) is 44.5 Å². The second-order valence-corrected chi connectivity index (χ2v) is 11.4. The number of likely N-dealkylation sites (tertiary alicyclic amines) is 1. The van der Waals surface area contributed by atoms with Gasteiger partial charge in [-0.25, -0.2) is 0 Å². The van der Waals surface area contributed by atoms with Crippen molar-refractivity contribution in [3.8, 4) is 17.2 Å². The molecule has 3 aromatic rings. The number of aromatic hydroxyl groups is 1. The van der Waals surface area contributed by atoms with Gasteiger partial charge in [-0.15, -0.1) is 0 Å². The first-order valence-corrected chi connectivity index (χ1v) is 14.4. The highest BCUT2D eigenvalue weighted by Crippen LogP contribution is 2.47. The fourth-order valence-corrected chi connectivity index (χ4v) is 5.86. The Balaban J connectivity index is 1.40. The summed E-state index contributed by atoms with van der Waals surface area (Å²) in [6.07, 6.45) is 0.880. The molecule has 0 spiro atoms. The van der Waals surface area contributed by atoms with Crippen LogP contribution in [0.5, 0.6) is 17.2 Å². The molecule has 4 unspecified atom stereocenters. The number of phenolic OH excluding ortho intramolecular Hbond substituents is 1. The van der Waals surface area contributed by atoms with Crippen molar-refractivity contribution in [3.05, 3.63) is 89.0 Å². The number of rotatable bonds is 8. The van der Waals surface area contributed by atoms with E-state index in [1.165, 1.54) is 6.42 Å². The fourth-order valence-electron chi connectivity index (χ4n) is 5.39. The molecule has 5 rings (SSSR count). The number of phenols is 1. The molecule has 2 aliphatic heterocycles. The lowest BCUT2D eigenvalue weighted by Gasteiger charge is -2.31. The Morgan fingerprint density at radius 2 is 1.87 bits per heavy atom. The van der Waals surface area contributed by atoms with E-state index < -0.39 is 11.1 Å². The van der Waals surface area contributed by atoms with Crippen LogP contribution in [0.3, 0.4) is 0 Å². The molecule has 7 heteroatoms. The van der Waals surface area contributed by atoms with Crippen molar-refractivity contribution in [2.45, 2.75) is 45.1 Å². The highest BCUT2D eigenvalue weighted by atomic mass is 32.2. The van der Waals surface area contributed by atoms with Gasteiger partial charge in [-0.3, -0.25) is 9.11 Å². The maximum absolute atomic E-state index is 11.1. The van der Waals surface area contributed by atoms with Crippen LogP contribution >= 0.6 is 0 Å². The molecule has 2 aliphatic rings. The minimum absolute atomic E-state index is 0.0220. The first kappa shape index (κ1) is 26.5. The average Bonchev–Trinajstić information content (AvgIpc) is 3.34. The lowest BCUT2D eigenvalue weighted by molar-refractivity contribution is 0.169. The predicted molar refractivity (Wildman–Crippen MR) is 150 cm³/mol. The van der Waals surface area contributed by atoms with E-state index in [0.717, 1.165) is 58.2 Å². The van der Waals surface area contributed by atoms with Gasteiger partial charge in [-0.1, -0.05) is 54.4 Å². The third kappa shape index (κ3) is 5.80. The van der Waals surface area contributed by atoms with Crippen molar-refractivity contribution >= 4 is 22.2 Å². The minimum Gasteiger partial charge on any atom is -0.772 e. The van der Waals surface area contributed by atoms with Crippen LogP contribution in [0.1, 0.15) is 55.5 Å². The molecule has 38 heavy (non-hydrogen) atoms. The van der Waals surface area contributed by atoms with Gasteiger partial charge in [0.15, 0.2) is 0 Å². The van der Waals surface area contributed by atoms with Crippen LogP contribution in [0.4, 0.5) is 0 Å². The molecule has 6 nitrogen and oxygen atoms in total. The van der Waals surface area contributed by atoms with Crippen LogP contribution in [0.2, 0.25) is 0 Å². The zero-order valence-corrected chi connectivity index (χ0v) is 22.9. The highest BCUT2D eigenvalue weighted by Gasteiger charge is 2.30. The summed E-state index contributed by atoms with van der Waals surface area (Å²) in [7, 11) is 0. The summed E-state index contributed by atoms with van der Waals surface area (Å²) in [6.45, 7) is 9.46. The van der Waals surface area contributed by atoms with Crippen molar-refractivity contribution in [2.24, 2.45) is 5.92 Å². The van der Waals surface area contributed by atoms with E-state index in [1.54, 1.807) is 18.2 Å². The minimum atomic E-state index is -2.14. The van der Waals surface area contributed by atoms with Crippen molar-refractivity contribution < 1.29 is 23.3 Å². The Bertz CT molecular complexity index is 1340. The lowest BCUT2D eigenvalue weighted by Crippen LogP contribution is -2.35. The number of allylic oxidation sites excluding steroid dienone is 1.